The van der Waals surface area contributed by atoms with Crippen LogP contribution >= 0.6 is 0 Å². The molecule has 0 spiro atoms. The predicted molar refractivity (Wildman–Crippen MR) is 88.1 cm³/mol. The quantitative estimate of drug-likeness (QED) is 0.583. The molecule has 120 valence electrons. The first-order valence-corrected chi connectivity index (χ1v) is 6.84. The van der Waals surface area contributed by atoms with Crippen LogP contribution in [-0.2, 0) is 4.79 Å². The van der Waals surface area contributed by atoms with Crippen LogP contribution < -0.4 is 21.1 Å². The van der Waals surface area contributed by atoms with E-state index in [9.17, 15) is 9.18 Å². The van der Waals surface area contributed by atoms with Crippen LogP contribution in [0.2, 0.25) is 0 Å². The van der Waals surface area contributed by atoms with Crippen LogP contribution in [0.1, 0.15) is 0 Å². The molecule has 0 fully saturated rings. The van der Waals surface area contributed by atoms with E-state index in [0.29, 0.717) is 17.1 Å². The fraction of sp³-hybridized carbons (Fsp3) is 0.125. The summed E-state index contributed by atoms with van der Waals surface area (Å²) < 4.78 is 18.0. The van der Waals surface area contributed by atoms with E-state index >= 15 is 0 Å². The molecule has 0 atom stereocenters. The number of benzene rings is 2. The van der Waals surface area contributed by atoms with Crippen molar-refractivity contribution >= 4 is 23.2 Å². The first-order chi connectivity index (χ1) is 11.1. The average molecular weight is 316 g/mol. The van der Waals surface area contributed by atoms with Crippen molar-refractivity contribution in [2.75, 3.05) is 24.3 Å². The molecule has 2 aromatic carbocycles. The number of anilines is 2. The maximum Gasteiger partial charge on any atom is 0.246 e. The first kappa shape index (κ1) is 16.3. The highest BCUT2D eigenvalue weighted by Crippen LogP contribution is 2.22. The lowest BCUT2D eigenvalue weighted by molar-refractivity contribution is -0.114. The third kappa shape index (κ3) is 4.99. The summed E-state index contributed by atoms with van der Waals surface area (Å²) in [6.07, 6.45) is 0. The Labute approximate surface area is 133 Å². The second-order valence-corrected chi connectivity index (χ2v) is 4.58. The highest BCUT2D eigenvalue weighted by Gasteiger charge is 2.04. The first-order valence-electron chi connectivity index (χ1n) is 6.84. The number of rotatable bonds is 5. The summed E-state index contributed by atoms with van der Waals surface area (Å²) in [5.74, 6) is -0.0298. The van der Waals surface area contributed by atoms with Gasteiger partial charge in [0.25, 0.3) is 0 Å². The number of ether oxygens (including phenoxy) is 1. The van der Waals surface area contributed by atoms with Gasteiger partial charge in [0, 0.05) is 5.69 Å². The smallest absolute Gasteiger partial charge is 0.246 e. The summed E-state index contributed by atoms with van der Waals surface area (Å²) in [4.78, 5) is 15.7. The second kappa shape index (κ2) is 7.79. The molecular formula is C16H17FN4O2. The van der Waals surface area contributed by atoms with Gasteiger partial charge in [-0.1, -0.05) is 12.1 Å². The maximum atomic E-state index is 12.8. The van der Waals surface area contributed by atoms with Gasteiger partial charge < -0.3 is 21.1 Å². The van der Waals surface area contributed by atoms with E-state index in [1.54, 1.807) is 19.2 Å². The Morgan fingerprint density at radius 3 is 2.57 bits per heavy atom. The highest BCUT2D eigenvalue weighted by atomic mass is 19.1. The van der Waals surface area contributed by atoms with E-state index in [2.05, 4.69) is 15.6 Å². The van der Waals surface area contributed by atoms with Gasteiger partial charge in [0.2, 0.25) is 5.91 Å². The zero-order chi connectivity index (χ0) is 16.7. The van der Waals surface area contributed by atoms with Crippen molar-refractivity contribution < 1.29 is 13.9 Å². The van der Waals surface area contributed by atoms with Crippen molar-refractivity contribution in [2.24, 2.45) is 10.7 Å². The topological polar surface area (TPSA) is 88.7 Å². The third-order valence-corrected chi connectivity index (χ3v) is 2.89. The number of para-hydroxylation sites is 2. The molecule has 0 aromatic heterocycles. The number of carbonyl (C=O) groups is 1. The largest absolute Gasteiger partial charge is 0.495 e. The van der Waals surface area contributed by atoms with Crippen molar-refractivity contribution in [3.63, 3.8) is 0 Å². The standard InChI is InChI=1S/C16H17FN4O2/c1-23-14-5-3-2-4-13(14)21-16(18)19-10-15(22)20-12-8-6-11(17)7-9-12/h2-9H,10H2,1H3,(H,20,22)(H3,18,19,21). The molecule has 2 aromatic rings. The number of guanidine groups is 1. The Morgan fingerprint density at radius 1 is 1.17 bits per heavy atom. The van der Waals surface area contributed by atoms with Crippen LogP contribution in [-0.4, -0.2) is 25.5 Å². The highest BCUT2D eigenvalue weighted by molar-refractivity contribution is 5.97. The molecule has 6 nitrogen and oxygen atoms in total. The molecule has 0 radical (unpaired) electrons. The molecule has 7 heteroatoms. The van der Waals surface area contributed by atoms with Crippen molar-refractivity contribution in [1.29, 1.82) is 0 Å². The number of methoxy groups -OCH3 is 1. The normalized spacial score (nSPS) is 11.0. The number of halogens is 1. The number of nitrogens with zero attached hydrogens (tertiary/aromatic N) is 1. The van der Waals surface area contributed by atoms with Crippen LogP contribution in [0.15, 0.2) is 53.5 Å². The van der Waals surface area contributed by atoms with Crippen LogP contribution in [0.25, 0.3) is 0 Å². The van der Waals surface area contributed by atoms with Gasteiger partial charge in [0.05, 0.1) is 12.8 Å². The monoisotopic (exact) mass is 316 g/mol. The summed E-state index contributed by atoms with van der Waals surface area (Å²) in [5, 5.41) is 5.45. The summed E-state index contributed by atoms with van der Waals surface area (Å²) in [5.41, 5.74) is 6.88. The molecule has 0 saturated heterocycles. The van der Waals surface area contributed by atoms with Crippen LogP contribution in [0, 0.1) is 5.82 Å². The Morgan fingerprint density at radius 2 is 1.87 bits per heavy atom. The van der Waals surface area contributed by atoms with Gasteiger partial charge in [-0.2, -0.15) is 0 Å². The Hall–Kier alpha value is -3.09. The van der Waals surface area contributed by atoms with Gasteiger partial charge in [-0.3, -0.25) is 4.79 Å². The average Bonchev–Trinajstić information content (AvgIpc) is 2.55. The van der Waals surface area contributed by atoms with E-state index in [1.807, 2.05) is 12.1 Å². The molecular weight excluding hydrogens is 299 g/mol. The zero-order valence-corrected chi connectivity index (χ0v) is 12.5. The number of aliphatic imine (C=N–C) groups is 1. The molecule has 0 aliphatic rings. The summed E-state index contributed by atoms with van der Waals surface area (Å²) in [6.45, 7) is -0.161. The minimum Gasteiger partial charge on any atom is -0.495 e. The van der Waals surface area contributed by atoms with Gasteiger partial charge in [-0.05, 0) is 36.4 Å². The lowest BCUT2D eigenvalue weighted by atomic mass is 10.3. The van der Waals surface area contributed by atoms with E-state index < -0.39 is 0 Å². The summed E-state index contributed by atoms with van der Waals surface area (Å²) in [6, 6.07) is 12.7. The van der Waals surface area contributed by atoms with E-state index in [1.165, 1.54) is 24.3 Å². The number of carbonyl (C=O) groups excluding carboxylic acids is 1. The Kier molecular flexibility index (Phi) is 5.51. The van der Waals surface area contributed by atoms with E-state index in [4.69, 9.17) is 10.5 Å². The van der Waals surface area contributed by atoms with Crippen LogP contribution in [0.4, 0.5) is 15.8 Å². The van der Waals surface area contributed by atoms with Gasteiger partial charge in [-0.25, -0.2) is 9.38 Å². The number of nitrogens with one attached hydrogen (secondary N) is 2. The molecule has 0 heterocycles. The number of nitrogens with two attached hydrogens (primary N) is 1. The van der Waals surface area contributed by atoms with Gasteiger partial charge >= 0.3 is 0 Å². The van der Waals surface area contributed by atoms with Crippen LogP contribution in [0.3, 0.4) is 0 Å². The van der Waals surface area contributed by atoms with E-state index in [0.717, 1.165) is 0 Å². The number of hydrogen-bond acceptors (Lipinski definition) is 3. The van der Waals surface area contributed by atoms with Gasteiger partial charge in [0.15, 0.2) is 5.96 Å². The molecule has 2 rings (SSSR count). The Balaban J connectivity index is 1.91. The zero-order valence-electron chi connectivity index (χ0n) is 12.5. The number of amides is 1. The lowest BCUT2D eigenvalue weighted by Gasteiger charge is -2.10. The van der Waals surface area contributed by atoms with E-state index in [-0.39, 0.29) is 24.2 Å². The third-order valence-electron chi connectivity index (χ3n) is 2.89. The maximum absolute atomic E-state index is 12.8. The molecule has 23 heavy (non-hydrogen) atoms. The molecule has 0 unspecified atom stereocenters. The molecule has 0 bridgehead atoms. The molecule has 1 amide bonds. The summed E-state index contributed by atoms with van der Waals surface area (Å²) >= 11 is 0. The van der Waals surface area contributed by atoms with Crippen molar-refractivity contribution in [1.82, 2.24) is 0 Å². The molecule has 0 aliphatic heterocycles. The molecule has 4 N–H and O–H groups in total. The lowest BCUT2D eigenvalue weighted by Crippen LogP contribution is -2.25. The predicted octanol–water partition coefficient (Wildman–Crippen LogP) is 2.20. The fourth-order valence-corrected chi connectivity index (χ4v) is 1.82. The van der Waals surface area contributed by atoms with Gasteiger partial charge in [-0.15, -0.1) is 0 Å². The minimum absolute atomic E-state index is 0.0868. The van der Waals surface area contributed by atoms with Crippen LogP contribution in [0.5, 0.6) is 5.75 Å². The van der Waals surface area contributed by atoms with Gasteiger partial charge in [0.1, 0.15) is 18.1 Å². The second-order valence-electron chi connectivity index (χ2n) is 4.58. The molecule has 0 aliphatic carbocycles. The fourth-order valence-electron chi connectivity index (χ4n) is 1.82. The van der Waals surface area contributed by atoms with Crippen molar-refractivity contribution in [2.45, 2.75) is 0 Å². The summed E-state index contributed by atoms with van der Waals surface area (Å²) in [7, 11) is 1.55. The van der Waals surface area contributed by atoms with Crippen molar-refractivity contribution in [3.8, 4) is 5.75 Å². The SMILES string of the molecule is COc1ccccc1NC(N)=NCC(=O)Nc1ccc(F)cc1. The minimum atomic E-state index is -0.369. The Bertz CT molecular complexity index is 701. The number of hydrogen-bond donors (Lipinski definition) is 3. The molecule has 0 saturated carbocycles. The van der Waals surface area contributed by atoms with Crippen molar-refractivity contribution in [3.05, 3.63) is 54.3 Å².